The van der Waals surface area contributed by atoms with Crippen LogP contribution >= 0.6 is 0 Å². The van der Waals surface area contributed by atoms with Crippen molar-refractivity contribution in [1.82, 2.24) is 9.97 Å². The fourth-order valence-electron chi connectivity index (χ4n) is 3.46. The van der Waals surface area contributed by atoms with Crippen molar-refractivity contribution >= 4 is 0 Å². The van der Waals surface area contributed by atoms with Gasteiger partial charge in [0.25, 0.3) is 0 Å². The molecule has 168 valence electrons. The van der Waals surface area contributed by atoms with Gasteiger partial charge in [0.15, 0.2) is 23.3 Å². The molecule has 0 fully saturated rings. The van der Waals surface area contributed by atoms with E-state index in [1.165, 1.54) is 37.3 Å². The fourth-order valence-corrected chi connectivity index (χ4v) is 3.46. The van der Waals surface area contributed by atoms with Crippen molar-refractivity contribution in [2.45, 2.75) is 13.8 Å². The summed E-state index contributed by atoms with van der Waals surface area (Å²) in [7, 11) is 0. The lowest BCUT2D eigenvalue weighted by molar-refractivity contribution is 0.381. The second-order valence-corrected chi connectivity index (χ2v) is 7.27. The van der Waals surface area contributed by atoms with Gasteiger partial charge in [-0.1, -0.05) is 0 Å². The molecule has 0 bridgehead atoms. The van der Waals surface area contributed by atoms with E-state index in [2.05, 4.69) is 9.97 Å². The minimum absolute atomic E-state index is 0.0192. The van der Waals surface area contributed by atoms with Crippen LogP contribution in [0.15, 0.2) is 42.5 Å². The van der Waals surface area contributed by atoms with E-state index in [1.54, 1.807) is 6.92 Å². The number of hydrogen-bond acceptors (Lipinski definition) is 2. The van der Waals surface area contributed by atoms with E-state index < -0.39 is 52.0 Å². The van der Waals surface area contributed by atoms with Gasteiger partial charge in [0.1, 0.15) is 11.6 Å². The van der Waals surface area contributed by atoms with Gasteiger partial charge in [-0.2, -0.15) is 0 Å². The topological polar surface area (TPSA) is 25.8 Å². The third-order valence-corrected chi connectivity index (χ3v) is 5.08. The molecule has 0 saturated heterocycles. The Balaban J connectivity index is 2.08. The number of benzene rings is 3. The first kappa shape index (κ1) is 22.4. The largest absolute Gasteiger partial charge is 0.249 e. The van der Waals surface area contributed by atoms with Gasteiger partial charge in [-0.05, 0) is 61.9 Å². The molecule has 1 heterocycles. The molecule has 3 aromatic carbocycles. The van der Waals surface area contributed by atoms with Crippen LogP contribution in [0.1, 0.15) is 11.3 Å². The Morgan fingerprint density at radius 3 is 1.67 bits per heavy atom. The van der Waals surface area contributed by atoms with Crippen LogP contribution in [-0.4, -0.2) is 9.97 Å². The first-order chi connectivity index (χ1) is 15.6. The van der Waals surface area contributed by atoms with Crippen LogP contribution in [0.3, 0.4) is 0 Å². The number of aryl methyl sites for hydroxylation is 2. The molecule has 33 heavy (non-hydrogen) atoms. The molecule has 0 aliphatic heterocycles. The van der Waals surface area contributed by atoms with E-state index in [1.807, 2.05) is 0 Å². The molecule has 0 aliphatic carbocycles. The van der Waals surface area contributed by atoms with Crippen molar-refractivity contribution in [3.05, 3.63) is 94.4 Å². The molecule has 0 N–H and O–H groups in total. The van der Waals surface area contributed by atoms with Crippen LogP contribution in [-0.2, 0) is 0 Å². The van der Waals surface area contributed by atoms with Crippen LogP contribution in [0, 0.1) is 54.6 Å². The first-order valence-corrected chi connectivity index (χ1v) is 9.53. The minimum Gasteiger partial charge on any atom is -0.249 e. The van der Waals surface area contributed by atoms with Crippen molar-refractivity contribution in [3.63, 3.8) is 0 Å². The number of hydrogen-bond donors (Lipinski definition) is 0. The zero-order valence-electron chi connectivity index (χ0n) is 17.1. The van der Waals surface area contributed by atoms with Gasteiger partial charge in [0.05, 0.1) is 28.3 Å². The average Bonchev–Trinajstić information content (AvgIpc) is 2.78. The second-order valence-electron chi connectivity index (χ2n) is 7.27. The fraction of sp³-hybridized carbons (Fsp3) is 0.0833. The Morgan fingerprint density at radius 2 is 1.09 bits per heavy atom. The van der Waals surface area contributed by atoms with Crippen molar-refractivity contribution in [3.8, 4) is 33.8 Å². The highest BCUT2D eigenvalue weighted by atomic mass is 19.2. The van der Waals surface area contributed by atoms with Crippen LogP contribution in [0.2, 0.25) is 0 Å². The molecular weight excluding hydrogens is 449 g/mol. The summed E-state index contributed by atoms with van der Waals surface area (Å²) in [6.07, 6.45) is 0. The highest BCUT2D eigenvalue weighted by molar-refractivity contribution is 5.82. The average molecular weight is 462 g/mol. The smallest absolute Gasteiger partial charge is 0.200 e. The molecule has 1 aromatic heterocycles. The lowest BCUT2D eigenvalue weighted by Gasteiger charge is -2.16. The summed E-state index contributed by atoms with van der Waals surface area (Å²) in [5, 5.41) is 0. The lowest BCUT2D eigenvalue weighted by Crippen LogP contribution is -2.08. The summed E-state index contributed by atoms with van der Waals surface area (Å²) in [4.78, 5) is 8.52. The molecule has 0 saturated carbocycles. The normalized spacial score (nSPS) is 11.2. The van der Waals surface area contributed by atoms with Gasteiger partial charge in [0.2, 0.25) is 5.82 Å². The zero-order valence-corrected chi connectivity index (χ0v) is 17.1. The van der Waals surface area contributed by atoms with Gasteiger partial charge < -0.3 is 0 Å². The molecule has 4 rings (SSSR count). The predicted molar refractivity (Wildman–Crippen MR) is 108 cm³/mol. The molecule has 0 unspecified atom stereocenters. The van der Waals surface area contributed by atoms with Gasteiger partial charge in [-0.3, -0.25) is 0 Å². The van der Waals surface area contributed by atoms with Crippen LogP contribution in [0.5, 0.6) is 0 Å². The summed E-state index contributed by atoms with van der Waals surface area (Å²) < 4.78 is 97.3. The van der Waals surface area contributed by atoms with Crippen molar-refractivity contribution in [2.75, 3.05) is 0 Å². The molecule has 0 atom stereocenters. The Bertz CT molecular complexity index is 1370. The van der Waals surface area contributed by atoms with Gasteiger partial charge in [0, 0.05) is 11.1 Å². The molecule has 0 radical (unpaired) electrons. The summed E-state index contributed by atoms with van der Waals surface area (Å²) in [6, 6.07) is 8.68. The number of aromatic nitrogens is 2. The van der Waals surface area contributed by atoms with Crippen LogP contribution in [0.25, 0.3) is 33.8 Å². The van der Waals surface area contributed by atoms with E-state index >= 15 is 0 Å². The summed E-state index contributed by atoms with van der Waals surface area (Å²) in [5.74, 6) is -11.7. The molecule has 0 aliphatic rings. The second kappa shape index (κ2) is 8.31. The maximum Gasteiger partial charge on any atom is 0.200 e. The Morgan fingerprint density at radius 1 is 0.545 bits per heavy atom. The van der Waals surface area contributed by atoms with Gasteiger partial charge in [-0.15, -0.1) is 0 Å². The van der Waals surface area contributed by atoms with E-state index in [0.29, 0.717) is 11.1 Å². The maximum absolute atomic E-state index is 14.5. The Kier molecular flexibility index (Phi) is 5.65. The first-order valence-electron chi connectivity index (χ1n) is 9.53. The number of halogens is 7. The molecule has 0 amide bonds. The van der Waals surface area contributed by atoms with Gasteiger partial charge >= 0.3 is 0 Å². The van der Waals surface area contributed by atoms with Crippen molar-refractivity contribution < 1.29 is 30.7 Å². The monoisotopic (exact) mass is 462 g/mol. The minimum atomic E-state index is -2.29. The Labute approximate surface area is 183 Å². The van der Waals surface area contributed by atoms with Crippen LogP contribution < -0.4 is 0 Å². The zero-order chi connectivity index (χ0) is 24.0. The van der Waals surface area contributed by atoms with E-state index in [4.69, 9.17) is 0 Å². The standard InChI is InChI=1S/C24H13F7N2/c1-10-9-14(26)7-8-15(10)24-23(12-3-5-13(25)6-4-12)33-22(11(2)32-24)16-17(27)19(29)21(31)20(30)18(16)28/h3-9H,1-2H3. The third-order valence-electron chi connectivity index (χ3n) is 5.08. The molecular formula is C24H13F7N2. The van der Waals surface area contributed by atoms with Crippen LogP contribution in [0.4, 0.5) is 30.7 Å². The predicted octanol–water partition coefficient (Wildman–Crippen LogP) is 7.07. The summed E-state index contributed by atoms with van der Waals surface area (Å²) in [6.45, 7) is 2.89. The highest BCUT2D eigenvalue weighted by Gasteiger charge is 2.29. The SMILES string of the molecule is Cc1cc(F)ccc1-c1nc(C)c(-c2c(F)c(F)c(F)c(F)c2F)nc1-c1ccc(F)cc1. The van der Waals surface area contributed by atoms with E-state index in [9.17, 15) is 30.7 Å². The molecule has 2 nitrogen and oxygen atoms in total. The Hall–Kier alpha value is -3.75. The highest BCUT2D eigenvalue weighted by Crippen LogP contribution is 2.37. The van der Waals surface area contributed by atoms with E-state index in [0.717, 1.165) is 12.1 Å². The van der Waals surface area contributed by atoms with Crippen molar-refractivity contribution in [1.29, 1.82) is 0 Å². The molecule has 4 aromatic rings. The quantitative estimate of drug-likeness (QED) is 0.185. The molecule has 9 heteroatoms. The summed E-state index contributed by atoms with van der Waals surface area (Å²) in [5.41, 5.74) is -0.687. The number of rotatable bonds is 3. The van der Waals surface area contributed by atoms with Gasteiger partial charge in [-0.25, -0.2) is 40.7 Å². The van der Waals surface area contributed by atoms with E-state index in [-0.39, 0.29) is 22.6 Å². The number of nitrogens with zero attached hydrogens (tertiary/aromatic N) is 2. The van der Waals surface area contributed by atoms with Crippen molar-refractivity contribution in [2.24, 2.45) is 0 Å². The molecule has 0 spiro atoms. The maximum atomic E-state index is 14.5. The lowest BCUT2D eigenvalue weighted by atomic mass is 9.98. The third kappa shape index (κ3) is 3.83. The summed E-state index contributed by atoms with van der Waals surface area (Å²) >= 11 is 0.